The van der Waals surface area contributed by atoms with E-state index in [0.717, 1.165) is 0 Å². The van der Waals surface area contributed by atoms with Gasteiger partial charge in [0.25, 0.3) is 11.8 Å². The van der Waals surface area contributed by atoms with Crippen molar-refractivity contribution >= 4 is 46.6 Å². The molecule has 2 N–H and O–H groups in total. The molecule has 0 aromatic heterocycles. The number of rotatable bonds is 11. The Morgan fingerprint density at radius 2 is 0.800 bits per heavy atom. The standard InChI is InChI=1S/C32H26Cl2N2O4/c33-23-15-11-21(12-16-23)29(37)25-7-1-3-9-27(25)31(39)35-19-5-6-20-36-32(40)28-10-4-2-8-26(28)30(38)22-13-17-24(34)18-14-22/h1-4,7-18H,5-6,19-20H2,(H,35,39)(H,36,40). The first-order chi connectivity index (χ1) is 19.3. The zero-order valence-corrected chi connectivity index (χ0v) is 23.0. The summed E-state index contributed by atoms with van der Waals surface area (Å²) in [7, 11) is 0. The highest BCUT2D eigenvalue weighted by atomic mass is 35.5. The Morgan fingerprint density at radius 1 is 0.475 bits per heavy atom. The number of amides is 2. The molecule has 2 amide bonds. The summed E-state index contributed by atoms with van der Waals surface area (Å²) >= 11 is 11.8. The zero-order valence-electron chi connectivity index (χ0n) is 21.5. The molecule has 40 heavy (non-hydrogen) atoms. The second-order valence-electron chi connectivity index (χ2n) is 8.98. The predicted octanol–water partition coefficient (Wildman–Crippen LogP) is 6.40. The van der Waals surface area contributed by atoms with Crippen molar-refractivity contribution in [3.05, 3.63) is 140 Å². The van der Waals surface area contributed by atoms with Gasteiger partial charge in [0.1, 0.15) is 0 Å². The third-order valence-corrected chi connectivity index (χ3v) is 6.72. The Bertz CT molecular complexity index is 1420. The molecule has 8 heteroatoms. The molecule has 4 rings (SSSR count). The average Bonchev–Trinajstić information content (AvgIpc) is 2.98. The quantitative estimate of drug-likeness (QED) is 0.161. The molecule has 202 valence electrons. The van der Waals surface area contributed by atoms with Gasteiger partial charge in [-0.3, -0.25) is 19.2 Å². The molecule has 0 aliphatic heterocycles. The number of benzene rings is 4. The van der Waals surface area contributed by atoms with Crippen LogP contribution in [0.1, 0.15) is 65.4 Å². The molecular formula is C32H26Cl2N2O4. The minimum Gasteiger partial charge on any atom is -0.352 e. The topological polar surface area (TPSA) is 92.3 Å². The van der Waals surface area contributed by atoms with Crippen molar-refractivity contribution in [2.24, 2.45) is 0 Å². The van der Waals surface area contributed by atoms with Gasteiger partial charge in [0.05, 0.1) is 11.1 Å². The number of halogens is 2. The van der Waals surface area contributed by atoms with Crippen LogP contribution in [0.3, 0.4) is 0 Å². The van der Waals surface area contributed by atoms with Gasteiger partial charge in [0.2, 0.25) is 0 Å². The zero-order chi connectivity index (χ0) is 28.5. The number of hydrogen-bond acceptors (Lipinski definition) is 4. The molecule has 4 aromatic carbocycles. The van der Waals surface area contributed by atoms with E-state index in [1.54, 1.807) is 97.1 Å². The van der Waals surface area contributed by atoms with E-state index in [2.05, 4.69) is 10.6 Å². The van der Waals surface area contributed by atoms with Gasteiger partial charge < -0.3 is 10.6 Å². The van der Waals surface area contributed by atoms with Crippen LogP contribution in [-0.4, -0.2) is 36.5 Å². The molecule has 0 fully saturated rings. The number of hydrogen-bond donors (Lipinski definition) is 2. The van der Waals surface area contributed by atoms with E-state index in [1.165, 1.54) is 0 Å². The number of carbonyl (C=O) groups excluding carboxylic acids is 4. The van der Waals surface area contributed by atoms with Crippen LogP contribution in [0, 0.1) is 0 Å². The summed E-state index contributed by atoms with van der Waals surface area (Å²) in [5.74, 6) is -1.23. The van der Waals surface area contributed by atoms with Crippen LogP contribution in [-0.2, 0) is 0 Å². The van der Waals surface area contributed by atoms with E-state index in [0.29, 0.717) is 58.2 Å². The predicted molar refractivity (Wildman–Crippen MR) is 157 cm³/mol. The Kier molecular flexibility index (Phi) is 9.84. The van der Waals surface area contributed by atoms with E-state index in [9.17, 15) is 19.2 Å². The van der Waals surface area contributed by atoms with Gasteiger partial charge in [-0.25, -0.2) is 0 Å². The maximum absolute atomic E-state index is 12.9. The molecule has 0 saturated carbocycles. The Morgan fingerprint density at radius 3 is 1.15 bits per heavy atom. The van der Waals surface area contributed by atoms with E-state index < -0.39 is 0 Å². The first kappa shape index (κ1) is 28.7. The normalized spacial score (nSPS) is 10.6. The number of nitrogens with one attached hydrogen (secondary N) is 2. The van der Waals surface area contributed by atoms with Gasteiger partial charge in [-0.2, -0.15) is 0 Å². The fraction of sp³-hybridized carbons (Fsp3) is 0.125. The molecule has 0 bridgehead atoms. The SMILES string of the molecule is O=C(NCCCCNC(=O)c1ccccc1C(=O)c1ccc(Cl)cc1)c1ccccc1C(=O)c1ccc(Cl)cc1. The van der Waals surface area contributed by atoms with Crippen LogP contribution < -0.4 is 10.6 Å². The van der Waals surface area contributed by atoms with Crippen molar-refractivity contribution in [1.82, 2.24) is 10.6 Å². The molecule has 0 spiro atoms. The monoisotopic (exact) mass is 572 g/mol. The smallest absolute Gasteiger partial charge is 0.252 e. The van der Waals surface area contributed by atoms with Crippen molar-refractivity contribution < 1.29 is 19.2 Å². The molecule has 0 aliphatic rings. The van der Waals surface area contributed by atoms with Crippen LogP contribution in [0.2, 0.25) is 10.0 Å². The van der Waals surface area contributed by atoms with Gasteiger partial charge in [-0.15, -0.1) is 0 Å². The summed E-state index contributed by atoms with van der Waals surface area (Å²) in [4.78, 5) is 51.5. The Hall–Kier alpha value is -4.26. The molecule has 0 saturated heterocycles. The molecule has 6 nitrogen and oxygen atoms in total. The lowest BCUT2D eigenvalue weighted by atomic mass is 9.98. The number of unbranched alkanes of at least 4 members (excludes halogenated alkanes) is 1. The number of ketones is 2. The summed E-state index contributed by atoms with van der Waals surface area (Å²) in [6.45, 7) is 0.730. The van der Waals surface area contributed by atoms with Crippen molar-refractivity contribution in [1.29, 1.82) is 0 Å². The maximum Gasteiger partial charge on any atom is 0.252 e. The first-order valence-corrected chi connectivity index (χ1v) is 13.5. The Labute approximate surface area is 242 Å². The molecule has 0 heterocycles. The van der Waals surface area contributed by atoms with Gasteiger partial charge in [0, 0.05) is 45.4 Å². The van der Waals surface area contributed by atoms with E-state index in [1.807, 2.05) is 0 Å². The van der Waals surface area contributed by atoms with Gasteiger partial charge in [-0.05, 0) is 73.5 Å². The molecule has 4 aromatic rings. The summed E-state index contributed by atoms with van der Waals surface area (Å²) < 4.78 is 0. The lowest BCUT2D eigenvalue weighted by molar-refractivity contribution is 0.0933. The average molecular weight is 573 g/mol. The van der Waals surface area contributed by atoms with Crippen LogP contribution in [0.4, 0.5) is 0 Å². The highest BCUT2D eigenvalue weighted by molar-refractivity contribution is 6.31. The molecular weight excluding hydrogens is 547 g/mol. The van der Waals surface area contributed by atoms with Gasteiger partial charge >= 0.3 is 0 Å². The minimum atomic E-state index is -0.350. The van der Waals surface area contributed by atoms with Crippen LogP contribution in [0.15, 0.2) is 97.1 Å². The fourth-order valence-corrected chi connectivity index (χ4v) is 4.37. The highest BCUT2D eigenvalue weighted by Crippen LogP contribution is 2.18. The summed E-state index contributed by atoms with van der Waals surface area (Å²) in [6.07, 6.45) is 1.20. The second kappa shape index (κ2) is 13.7. The molecule has 0 radical (unpaired) electrons. The Balaban J connectivity index is 1.27. The minimum absolute atomic E-state index is 0.264. The third-order valence-electron chi connectivity index (χ3n) is 6.22. The summed E-state index contributed by atoms with van der Waals surface area (Å²) in [5.41, 5.74) is 2.08. The molecule has 0 unspecified atom stereocenters. The largest absolute Gasteiger partial charge is 0.352 e. The second-order valence-corrected chi connectivity index (χ2v) is 9.85. The van der Waals surface area contributed by atoms with Gasteiger partial charge in [0.15, 0.2) is 11.6 Å². The van der Waals surface area contributed by atoms with Crippen molar-refractivity contribution in [3.8, 4) is 0 Å². The maximum atomic E-state index is 12.9. The van der Waals surface area contributed by atoms with E-state index in [4.69, 9.17) is 23.2 Å². The van der Waals surface area contributed by atoms with Crippen molar-refractivity contribution in [3.63, 3.8) is 0 Å². The molecule has 0 atom stereocenters. The van der Waals surface area contributed by atoms with Crippen molar-refractivity contribution in [2.75, 3.05) is 13.1 Å². The van der Waals surface area contributed by atoms with Crippen molar-refractivity contribution in [2.45, 2.75) is 12.8 Å². The summed E-state index contributed by atoms with van der Waals surface area (Å²) in [6, 6.07) is 26.3. The lowest BCUT2D eigenvalue weighted by Crippen LogP contribution is -2.29. The first-order valence-electron chi connectivity index (χ1n) is 12.7. The van der Waals surface area contributed by atoms with Crippen LogP contribution in [0.5, 0.6) is 0 Å². The van der Waals surface area contributed by atoms with E-state index >= 15 is 0 Å². The lowest BCUT2D eigenvalue weighted by Gasteiger charge is -2.11. The fourth-order valence-electron chi connectivity index (χ4n) is 4.12. The van der Waals surface area contributed by atoms with Crippen LogP contribution >= 0.6 is 23.2 Å². The highest BCUT2D eigenvalue weighted by Gasteiger charge is 2.19. The number of carbonyl (C=O) groups is 4. The molecule has 0 aliphatic carbocycles. The van der Waals surface area contributed by atoms with Gasteiger partial charge in [-0.1, -0.05) is 59.6 Å². The van der Waals surface area contributed by atoms with E-state index in [-0.39, 0.29) is 34.5 Å². The van der Waals surface area contributed by atoms with Crippen LogP contribution in [0.25, 0.3) is 0 Å². The third kappa shape index (κ3) is 7.23. The summed E-state index contributed by atoms with van der Waals surface area (Å²) in [5, 5.41) is 6.73.